The van der Waals surface area contributed by atoms with Crippen LogP contribution in [0, 0.1) is 0 Å². The summed E-state index contributed by atoms with van der Waals surface area (Å²) in [4.78, 5) is 2.74. The van der Waals surface area contributed by atoms with E-state index < -0.39 is 0 Å². The molecule has 0 saturated carbocycles. The van der Waals surface area contributed by atoms with Crippen molar-refractivity contribution in [3.8, 4) is 0 Å². The van der Waals surface area contributed by atoms with Crippen molar-refractivity contribution in [1.82, 2.24) is 0 Å². The summed E-state index contributed by atoms with van der Waals surface area (Å²) >= 11 is 0. The predicted molar refractivity (Wildman–Crippen MR) is 71.5 cm³/mol. The highest BCUT2D eigenvalue weighted by atomic mass is 16.6. The second-order valence-electron chi connectivity index (χ2n) is 5.01. The molecule has 0 aromatic carbocycles. The van der Waals surface area contributed by atoms with Gasteiger partial charge in [-0.15, -0.1) is 0 Å². The zero-order chi connectivity index (χ0) is 13.2. The second-order valence-corrected chi connectivity index (χ2v) is 5.01. The normalized spacial score (nSPS) is 27.1. The lowest BCUT2D eigenvalue weighted by molar-refractivity contribution is -0.00649. The highest BCUT2D eigenvalue weighted by Gasteiger charge is 2.32. The van der Waals surface area contributed by atoms with Crippen molar-refractivity contribution in [2.75, 3.05) is 13.7 Å². The molecule has 0 bridgehead atoms. The number of methoxy groups -OCH3 is 1. The minimum absolute atomic E-state index is 0.282. The topological polar surface area (TPSA) is 67.2 Å². The van der Waals surface area contributed by atoms with Crippen LogP contribution < -0.4 is 0 Å². The van der Waals surface area contributed by atoms with Crippen molar-refractivity contribution in [2.45, 2.75) is 70.2 Å². The molecule has 0 spiro atoms. The van der Waals surface area contributed by atoms with Crippen LogP contribution in [0.15, 0.2) is 5.11 Å². The molecule has 1 fully saturated rings. The summed E-state index contributed by atoms with van der Waals surface area (Å²) < 4.78 is 11.3. The first kappa shape index (κ1) is 15.3. The van der Waals surface area contributed by atoms with Crippen molar-refractivity contribution in [1.29, 1.82) is 0 Å². The molecular formula is C13H25N3O2. The van der Waals surface area contributed by atoms with Crippen molar-refractivity contribution in [3.05, 3.63) is 10.4 Å². The zero-order valence-electron chi connectivity index (χ0n) is 11.5. The molecule has 0 N–H and O–H groups in total. The van der Waals surface area contributed by atoms with Crippen LogP contribution in [0.3, 0.4) is 0 Å². The lowest BCUT2D eigenvalue weighted by Gasteiger charge is -2.16. The number of unbranched alkanes of at least 4 members (excludes halogenated alkanes) is 4. The number of azide groups is 1. The number of ether oxygens (including phenoxy) is 2. The Bertz CT molecular complexity index is 267. The first-order valence-corrected chi connectivity index (χ1v) is 6.97. The van der Waals surface area contributed by atoms with Gasteiger partial charge in [0.15, 0.2) is 0 Å². The lowest BCUT2D eigenvalue weighted by Crippen LogP contribution is -2.22. The summed E-state index contributed by atoms with van der Waals surface area (Å²) in [6, 6.07) is 0. The van der Waals surface area contributed by atoms with Crippen LogP contribution in [-0.2, 0) is 9.47 Å². The van der Waals surface area contributed by atoms with Gasteiger partial charge < -0.3 is 9.47 Å². The van der Waals surface area contributed by atoms with E-state index in [1.807, 2.05) is 0 Å². The van der Waals surface area contributed by atoms with Gasteiger partial charge >= 0.3 is 0 Å². The first-order chi connectivity index (χ1) is 8.77. The van der Waals surface area contributed by atoms with E-state index in [2.05, 4.69) is 16.9 Å². The minimum Gasteiger partial charge on any atom is -0.379 e. The Morgan fingerprint density at radius 2 is 2.00 bits per heavy atom. The third-order valence-electron chi connectivity index (χ3n) is 3.50. The molecule has 0 unspecified atom stereocenters. The summed E-state index contributed by atoms with van der Waals surface area (Å²) in [6.45, 7) is 2.74. The quantitative estimate of drug-likeness (QED) is 0.272. The van der Waals surface area contributed by atoms with Crippen LogP contribution in [-0.4, -0.2) is 32.0 Å². The summed E-state index contributed by atoms with van der Waals surface area (Å²) in [5.41, 5.74) is 8.13. The van der Waals surface area contributed by atoms with Crippen LogP contribution in [0.1, 0.15) is 51.9 Å². The average molecular weight is 255 g/mol. The highest BCUT2D eigenvalue weighted by Crippen LogP contribution is 2.26. The summed E-state index contributed by atoms with van der Waals surface area (Å²) in [7, 11) is 1.77. The van der Waals surface area contributed by atoms with Gasteiger partial charge in [0, 0.05) is 25.0 Å². The smallest absolute Gasteiger partial charge is 0.0857 e. The maximum absolute atomic E-state index is 8.13. The number of rotatable bonds is 9. The van der Waals surface area contributed by atoms with E-state index in [1.54, 1.807) is 7.11 Å². The molecule has 3 atom stereocenters. The molecular weight excluding hydrogens is 230 g/mol. The fourth-order valence-electron chi connectivity index (χ4n) is 2.53. The van der Waals surface area contributed by atoms with E-state index in [1.165, 1.54) is 19.3 Å². The number of hydrogen-bond donors (Lipinski definition) is 0. The zero-order valence-corrected chi connectivity index (χ0v) is 11.5. The third kappa shape index (κ3) is 5.71. The third-order valence-corrected chi connectivity index (χ3v) is 3.50. The van der Waals surface area contributed by atoms with Crippen LogP contribution in [0.25, 0.3) is 10.4 Å². The molecule has 5 nitrogen and oxygen atoms in total. The minimum atomic E-state index is 0.282. The van der Waals surface area contributed by atoms with Crippen LogP contribution in [0.2, 0.25) is 0 Å². The molecule has 0 radical (unpaired) electrons. The van der Waals surface area contributed by atoms with Gasteiger partial charge in [0.05, 0.1) is 18.3 Å². The van der Waals surface area contributed by atoms with E-state index in [-0.39, 0.29) is 12.2 Å². The highest BCUT2D eigenvalue weighted by molar-refractivity contribution is 4.80. The molecule has 1 aliphatic heterocycles. The Morgan fingerprint density at radius 1 is 1.28 bits per heavy atom. The predicted octanol–water partition coefficient (Wildman–Crippen LogP) is 3.83. The molecule has 1 aliphatic rings. The molecule has 5 heteroatoms. The van der Waals surface area contributed by atoms with E-state index in [0.717, 1.165) is 25.7 Å². The van der Waals surface area contributed by atoms with E-state index in [0.29, 0.717) is 12.6 Å². The molecule has 0 aromatic rings. The van der Waals surface area contributed by atoms with Crippen molar-refractivity contribution >= 4 is 0 Å². The molecule has 0 amide bonds. The van der Waals surface area contributed by atoms with Crippen molar-refractivity contribution in [2.24, 2.45) is 5.11 Å². The fraction of sp³-hybridized carbons (Fsp3) is 1.00. The van der Waals surface area contributed by atoms with Gasteiger partial charge in [0.1, 0.15) is 0 Å². The summed E-state index contributed by atoms with van der Waals surface area (Å²) in [5, 5.41) is 3.53. The van der Waals surface area contributed by atoms with E-state index >= 15 is 0 Å². The van der Waals surface area contributed by atoms with Gasteiger partial charge in [-0.3, -0.25) is 0 Å². The van der Waals surface area contributed by atoms with Crippen molar-refractivity contribution < 1.29 is 9.47 Å². The second kappa shape index (κ2) is 9.20. The molecule has 18 heavy (non-hydrogen) atoms. The summed E-state index contributed by atoms with van der Waals surface area (Å²) in [5.74, 6) is 0. The largest absolute Gasteiger partial charge is 0.379 e. The Morgan fingerprint density at radius 3 is 2.72 bits per heavy atom. The fourth-order valence-corrected chi connectivity index (χ4v) is 2.53. The van der Waals surface area contributed by atoms with Gasteiger partial charge in [-0.1, -0.05) is 30.8 Å². The monoisotopic (exact) mass is 255 g/mol. The van der Waals surface area contributed by atoms with Gasteiger partial charge in [-0.05, 0) is 25.3 Å². The van der Waals surface area contributed by atoms with Gasteiger partial charge in [-0.2, -0.15) is 0 Å². The van der Waals surface area contributed by atoms with Crippen LogP contribution >= 0.6 is 0 Å². The number of nitrogens with zero attached hydrogens (tertiary/aromatic N) is 3. The van der Waals surface area contributed by atoms with Gasteiger partial charge in [-0.25, -0.2) is 0 Å². The van der Waals surface area contributed by atoms with Crippen LogP contribution in [0.4, 0.5) is 0 Å². The maximum atomic E-state index is 8.13. The first-order valence-electron chi connectivity index (χ1n) is 6.97. The Labute approximate surface area is 109 Å². The Balaban J connectivity index is 1.98. The molecule has 1 saturated heterocycles. The van der Waals surface area contributed by atoms with Crippen molar-refractivity contribution in [3.63, 3.8) is 0 Å². The van der Waals surface area contributed by atoms with E-state index in [9.17, 15) is 0 Å². The molecule has 0 aromatic heterocycles. The lowest BCUT2D eigenvalue weighted by atomic mass is 10.0. The Hall–Kier alpha value is -0.770. The van der Waals surface area contributed by atoms with Gasteiger partial charge in [0.25, 0.3) is 0 Å². The standard InChI is InChI=1S/C13H25N3O2/c1-11-10-13(17-2)12(18-11)8-6-4-3-5-7-9-15-16-14/h11-13H,3-10H2,1-2H3/t11-,12+,13+/m1/s1. The molecule has 1 rings (SSSR count). The Kier molecular flexibility index (Phi) is 7.81. The SMILES string of the molecule is CO[C@H]1C[C@@H](C)O[C@H]1CCCCCCCN=[N+]=[N-]. The molecule has 0 aliphatic carbocycles. The van der Waals surface area contributed by atoms with E-state index in [4.69, 9.17) is 15.0 Å². The molecule has 104 valence electrons. The average Bonchev–Trinajstić information content (AvgIpc) is 2.73. The number of hydrogen-bond acceptors (Lipinski definition) is 3. The summed E-state index contributed by atoms with van der Waals surface area (Å²) in [6.07, 6.45) is 8.80. The van der Waals surface area contributed by atoms with Crippen LogP contribution in [0.5, 0.6) is 0 Å². The maximum Gasteiger partial charge on any atom is 0.0857 e. The van der Waals surface area contributed by atoms with Gasteiger partial charge in [0.2, 0.25) is 0 Å². The molecule has 1 heterocycles.